The SMILES string of the molecule is Cc1cnn2c([C-]=O)c(C)nc2c1.[K+].[OH-]. The van der Waals surface area contributed by atoms with E-state index in [1.54, 1.807) is 13.1 Å². The van der Waals surface area contributed by atoms with Crippen molar-refractivity contribution in [3.63, 3.8) is 0 Å². The predicted octanol–water partition coefficient (Wildman–Crippen LogP) is -2.37. The Labute approximate surface area is 130 Å². The maximum absolute atomic E-state index is 10.6. The van der Waals surface area contributed by atoms with Crippen molar-refractivity contribution in [2.45, 2.75) is 13.8 Å². The smallest absolute Gasteiger partial charge is 0.870 e. The molecule has 0 aliphatic rings. The molecular formula is C9H9KN3O2-. The van der Waals surface area contributed by atoms with Crippen molar-refractivity contribution in [1.29, 1.82) is 0 Å². The Kier molecular flexibility index (Phi) is 5.79. The summed E-state index contributed by atoms with van der Waals surface area (Å²) >= 11 is 0. The Morgan fingerprint density at radius 2 is 2.07 bits per heavy atom. The first kappa shape index (κ1) is 14.9. The molecule has 1 N–H and O–H groups in total. The van der Waals surface area contributed by atoms with Crippen LogP contribution >= 0.6 is 0 Å². The molecule has 2 heterocycles. The molecule has 0 amide bonds. The number of fused-ring (bicyclic) bond motifs is 1. The van der Waals surface area contributed by atoms with E-state index in [1.807, 2.05) is 19.3 Å². The molecule has 0 aromatic carbocycles. The summed E-state index contributed by atoms with van der Waals surface area (Å²) in [6.45, 7) is 3.70. The van der Waals surface area contributed by atoms with E-state index >= 15 is 0 Å². The molecule has 0 fully saturated rings. The number of hydrogen-bond donors (Lipinski definition) is 0. The number of aryl methyl sites for hydroxylation is 2. The van der Waals surface area contributed by atoms with Gasteiger partial charge in [0.05, 0.1) is 6.20 Å². The molecule has 0 saturated heterocycles. The van der Waals surface area contributed by atoms with E-state index in [0.29, 0.717) is 17.0 Å². The molecule has 0 atom stereocenters. The van der Waals surface area contributed by atoms with Crippen LogP contribution in [0.15, 0.2) is 12.3 Å². The first-order valence-electron chi connectivity index (χ1n) is 3.92. The summed E-state index contributed by atoms with van der Waals surface area (Å²) in [5.41, 5.74) is 2.77. The second-order valence-corrected chi connectivity index (χ2v) is 2.95. The third kappa shape index (κ3) is 2.71. The molecule has 15 heavy (non-hydrogen) atoms. The van der Waals surface area contributed by atoms with Crippen molar-refractivity contribution in [3.8, 4) is 0 Å². The third-order valence-corrected chi connectivity index (χ3v) is 1.88. The van der Waals surface area contributed by atoms with Gasteiger partial charge in [0.15, 0.2) is 0 Å². The van der Waals surface area contributed by atoms with Crippen LogP contribution in [0.5, 0.6) is 0 Å². The summed E-state index contributed by atoms with van der Waals surface area (Å²) in [6, 6.07) is 1.88. The number of nitrogens with zero attached hydrogens (tertiary/aromatic N) is 3. The molecule has 0 bridgehead atoms. The molecule has 74 valence electrons. The summed E-state index contributed by atoms with van der Waals surface area (Å²) in [6.07, 6.45) is 3.52. The van der Waals surface area contributed by atoms with E-state index in [4.69, 9.17) is 0 Å². The summed E-state index contributed by atoms with van der Waals surface area (Å²) in [4.78, 5) is 14.7. The number of imidazole rings is 1. The van der Waals surface area contributed by atoms with Crippen molar-refractivity contribution in [2.24, 2.45) is 0 Å². The van der Waals surface area contributed by atoms with Crippen LogP contribution < -0.4 is 51.4 Å². The monoisotopic (exact) mass is 230 g/mol. The molecule has 0 radical (unpaired) electrons. The van der Waals surface area contributed by atoms with E-state index in [2.05, 4.69) is 10.1 Å². The van der Waals surface area contributed by atoms with Crippen LogP contribution in [0.1, 0.15) is 17.0 Å². The van der Waals surface area contributed by atoms with Crippen molar-refractivity contribution in [3.05, 3.63) is 29.2 Å². The summed E-state index contributed by atoms with van der Waals surface area (Å²) in [5.74, 6) is 0. The molecule has 2 aromatic rings. The van der Waals surface area contributed by atoms with Crippen molar-refractivity contribution in [1.82, 2.24) is 14.6 Å². The molecule has 0 aliphatic heterocycles. The fourth-order valence-electron chi connectivity index (χ4n) is 1.26. The van der Waals surface area contributed by atoms with Gasteiger partial charge in [0.2, 0.25) is 0 Å². The summed E-state index contributed by atoms with van der Waals surface area (Å²) < 4.78 is 1.50. The van der Waals surface area contributed by atoms with Gasteiger partial charge < -0.3 is 15.3 Å². The molecule has 0 unspecified atom stereocenters. The van der Waals surface area contributed by atoms with Crippen LogP contribution in [0, 0.1) is 13.8 Å². The van der Waals surface area contributed by atoms with Gasteiger partial charge in [-0.3, -0.25) is 0 Å². The van der Waals surface area contributed by atoms with Gasteiger partial charge in [0, 0.05) is 6.29 Å². The van der Waals surface area contributed by atoms with Crippen LogP contribution in [0.25, 0.3) is 5.65 Å². The zero-order chi connectivity index (χ0) is 9.42. The standard InChI is InChI=1S/C9H8N3O.K.H2O/c1-6-3-9-11-7(2)8(5-13)12(9)10-4-6;;/h3-4H,1-2H3;;1H2/q-1;+1;/p-1. The second kappa shape index (κ2) is 5.83. The number of aromatic nitrogens is 3. The fourth-order valence-corrected chi connectivity index (χ4v) is 1.26. The minimum atomic E-state index is 0. The van der Waals surface area contributed by atoms with E-state index in [0.717, 1.165) is 5.56 Å². The summed E-state index contributed by atoms with van der Waals surface area (Å²) in [7, 11) is 0. The van der Waals surface area contributed by atoms with E-state index in [-0.39, 0.29) is 56.9 Å². The Balaban J connectivity index is 0.000000980. The normalized spacial score (nSPS) is 9.20. The van der Waals surface area contributed by atoms with Crippen molar-refractivity contribution >= 4 is 11.9 Å². The Hall–Kier alpha value is -0.114. The van der Waals surface area contributed by atoms with Gasteiger partial charge >= 0.3 is 51.4 Å². The zero-order valence-corrected chi connectivity index (χ0v) is 12.0. The average molecular weight is 230 g/mol. The van der Waals surface area contributed by atoms with Crippen LogP contribution in [0.3, 0.4) is 0 Å². The topological polar surface area (TPSA) is 77.3 Å². The molecule has 5 nitrogen and oxygen atoms in total. The molecule has 6 heteroatoms. The number of hydrogen-bond acceptors (Lipinski definition) is 4. The van der Waals surface area contributed by atoms with E-state index in [9.17, 15) is 4.79 Å². The third-order valence-electron chi connectivity index (χ3n) is 1.88. The largest absolute Gasteiger partial charge is 1.00 e. The molecule has 2 aromatic heterocycles. The molecule has 0 aliphatic carbocycles. The quantitative estimate of drug-likeness (QED) is 0.405. The molecule has 2 rings (SSSR count). The van der Waals surface area contributed by atoms with Gasteiger partial charge in [-0.1, -0.05) is 12.6 Å². The van der Waals surface area contributed by atoms with Crippen LogP contribution in [-0.2, 0) is 4.79 Å². The van der Waals surface area contributed by atoms with Crippen LogP contribution in [0.4, 0.5) is 0 Å². The van der Waals surface area contributed by atoms with Gasteiger partial charge in [-0.2, -0.15) is 5.10 Å². The molecule has 0 spiro atoms. The maximum atomic E-state index is 10.6. The van der Waals surface area contributed by atoms with Crippen LogP contribution in [0.2, 0.25) is 0 Å². The molecular weight excluding hydrogens is 221 g/mol. The van der Waals surface area contributed by atoms with Crippen molar-refractivity contribution < 1.29 is 61.7 Å². The Morgan fingerprint density at radius 3 is 2.67 bits per heavy atom. The Bertz CT molecular complexity index is 481. The van der Waals surface area contributed by atoms with Crippen molar-refractivity contribution in [2.75, 3.05) is 0 Å². The zero-order valence-electron chi connectivity index (χ0n) is 8.85. The number of carbonyl (C=O) groups excluding carboxylic acids is 1. The molecule has 0 saturated carbocycles. The summed E-state index contributed by atoms with van der Waals surface area (Å²) in [5, 5.41) is 4.06. The van der Waals surface area contributed by atoms with Gasteiger partial charge in [0.25, 0.3) is 0 Å². The van der Waals surface area contributed by atoms with Gasteiger partial charge in [-0.15, -0.1) is 0 Å². The first-order valence-corrected chi connectivity index (χ1v) is 3.92. The van der Waals surface area contributed by atoms with E-state index < -0.39 is 0 Å². The van der Waals surface area contributed by atoms with Gasteiger partial charge in [0.1, 0.15) is 5.65 Å². The Morgan fingerprint density at radius 1 is 1.40 bits per heavy atom. The fraction of sp³-hybridized carbons (Fsp3) is 0.222. The van der Waals surface area contributed by atoms with Crippen LogP contribution in [-0.4, -0.2) is 26.4 Å². The minimum absolute atomic E-state index is 0. The first-order chi connectivity index (χ1) is 6.22. The number of rotatable bonds is 1. The van der Waals surface area contributed by atoms with Gasteiger partial charge in [-0.25, -0.2) is 4.52 Å². The average Bonchev–Trinajstić information content (AvgIpc) is 2.39. The van der Waals surface area contributed by atoms with Gasteiger partial charge in [-0.05, 0) is 24.2 Å². The second-order valence-electron chi connectivity index (χ2n) is 2.95. The predicted molar refractivity (Wildman–Crippen MR) is 49.2 cm³/mol. The maximum Gasteiger partial charge on any atom is 1.00 e. The minimum Gasteiger partial charge on any atom is -0.870 e. The van der Waals surface area contributed by atoms with E-state index in [1.165, 1.54) is 4.52 Å².